The molecule has 0 N–H and O–H groups in total. The summed E-state index contributed by atoms with van der Waals surface area (Å²) in [7, 11) is 0. The van der Waals surface area contributed by atoms with Gasteiger partial charge in [0.05, 0.1) is 6.04 Å². The Bertz CT molecular complexity index is 750. The second-order valence-corrected chi connectivity index (χ2v) is 6.50. The number of hydrogen-bond donors (Lipinski definition) is 0. The molecular weight excluding hydrogens is 298 g/mol. The maximum Gasteiger partial charge on any atom is 0.274 e. The van der Waals surface area contributed by atoms with Crippen molar-refractivity contribution in [3.05, 3.63) is 50.1 Å². The van der Waals surface area contributed by atoms with Gasteiger partial charge in [-0.3, -0.25) is 9.59 Å². The normalized spacial score (nSPS) is 17.4. The highest BCUT2D eigenvalue weighted by Gasteiger charge is 2.29. The molecule has 0 aliphatic carbocycles. The Morgan fingerprint density at radius 3 is 3.00 bits per heavy atom. The second-order valence-electron chi connectivity index (χ2n) is 5.50. The SMILES string of the molecule is CCCn1nc(C(=O)N2CCc3sccc3[C@H]2C)ccc1=O. The van der Waals surface area contributed by atoms with Crippen molar-refractivity contribution >= 4 is 17.2 Å². The number of thiophene rings is 1. The van der Waals surface area contributed by atoms with E-state index in [9.17, 15) is 9.59 Å². The largest absolute Gasteiger partial charge is 0.330 e. The summed E-state index contributed by atoms with van der Waals surface area (Å²) in [6, 6.07) is 5.11. The topological polar surface area (TPSA) is 55.2 Å². The van der Waals surface area contributed by atoms with E-state index in [0.29, 0.717) is 18.8 Å². The standard InChI is InChI=1S/C16H19N3O2S/c1-3-8-19-15(20)5-4-13(17-19)16(21)18-9-6-14-12(11(18)2)7-10-22-14/h4-5,7,10-11H,3,6,8-9H2,1-2H3/t11-/m1/s1. The van der Waals surface area contributed by atoms with Crippen LogP contribution < -0.4 is 5.56 Å². The summed E-state index contributed by atoms with van der Waals surface area (Å²) in [5, 5.41) is 6.31. The number of carbonyl (C=O) groups excluding carboxylic acids is 1. The monoisotopic (exact) mass is 317 g/mol. The number of hydrogen-bond acceptors (Lipinski definition) is 4. The smallest absolute Gasteiger partial charge is 0.274 e. The van der Waals surface area contributed by atoms with Crippen LogP contribution in [-0.4, -0.2) is 27.1 Å². The molecule has 2 aromatic rings. The van der Waals surface area contributed by atoms with Gasteiger partial charge >= 0.3 is 0 Å². The molecule has 1 aliphatic heterocycles. The lowest BCUT2D eigenvalue weighted by molar-refractivity contribution is 0.0670. The second kappa shape index (κ2) is 6.04. The number of aromatic nitrogens is 2. The number of aryl methyl sites for hydroxylation is 1. The summed E-state index contributed by atoms with van der Waals surface area (Å²) in [6.07, 6.45) is 1.70. The van der Waals surface area contributed by atoms with E-state index in [0.717, 1.165) is 12.8 Å². The molecule has 0 bridgehead atoms. The van der Waals surface area contributed by atoms with Crippen molar-refractivity contribution in [1.29, 1.82) is 0 Å². The minimum absolute atomic E-state index is 0.0517. The van der Waals surface area contributed by atoms with Gasteiger partial charge in [0.1, 0.15) is 5.69 Å². The van der Waals surface area contributed by atoms with E-state index in [1.54, 1.807) is 11.3 Å². The van der Waals surface area contributed by atoms with Crippen molar-refractivity contribution in [2.45, 2.75) is 39.3 Å². The molecule has 5 nitrogen and oxygen atoms in total. The molecule has 6 heteroatoms. The van der Waals surface area contributed by atoms with Crippen LogP contribution >= 0.6 is 11.3 Å². The van der Waals surface area contributed by atoms with Gasteiger partial charge in [0.25, 0.3) is 11.5 Å². The summed E-state index contributed by atoms with van der Waals surface area (Å²) < 4.78 is 1.37. The number of amides is 1. The molecule has 0 unspecified atom stereocenters. The maximum absolute atomic E-state index is 12.8. The number of carbonyl (C=O) groups is 1. The predicted molar refractivity (Wildman–Crippen MR) is 86.3 cm³/mol. The Hall–Kier alpha value is -1.95. The Labute approximate surface area is 133 Å². The van der Waals surface area contributed by atoms with Gasteiger partial charge in [0, 0.05) is 24.0 Å². The lowest BCUT2D eigenvalue weighted by Gasteiger charge is -2.33. The Balaban J connectivity index is 1.89. The molecular formula is C16H19N3O2S. The van der Waals surface area contributed by atoms with Crippen LogP contribution in [-0.2, 0) is 13.0 Å². The summed E-state index contributed by atoms with van der Waals surface area (Å²) in [6.45, 7) is 5.25. The van der Waals surface area contributed by atoms with Gasteiger partial charge < -0.3 is 4.90 Å². The van der Waals surface area contributed by atoms with E-state index in [2.05, 4.69) is 16.5 Å². The molecule has 3 heterocycles. The van der Waals surface area contributed by atoms with E-state index < -0.39 is 0 Å². The molecule has 1 amide bonds. The molecule has 0 spiro atoms. The highest BCUT2D eigenvalue weighted by atomic mass is 32.1. The van der Waals surface area contributed by atoms with E-state index in [1.165, 1.54) is 27.3 Å². The fourth-order valence-corrected chi connectivity index (χ4v) is 3.83. The average molecular weight is 317 g/mol. The molecule has 0 aromatic carbocycles. The van der Waals surface area contributed by atoms with Crippen LogP contribution in [0.15, 0.2) is 28.4 Å². The molecule has 22 heavy (non-hydrogen) atoms. The third-order valence-electron chi connectivity index (χ3n) is 4.06. The van der Waals surface area contributed by atoms with Crippen molar-refractivity contribution in [1.82, 2.24) is 14.7 Å². The minimum atomic E-state index is -0.162. The predicted octanol–water partition coefficient (Wildman–Crippen LogP) is 2.47. The Kier molecular flexibility index (Phi) is 4.11. The van der Waals surface area contributed by atoms with Gasteiger partial charge in [-0.25, -0.2) is 4.68 Å². The molecule has 3 rings (SSSR count). The van der Waals surface area contributed by atoms with Gasteiger partial charge in [-0.05, 0) is 42.8 Å². The van der Waals surface area contributed by atoms with E-state index in [1.807, 2.05) is 18.7 Å². The lowest BCUT2D eigenvalue weighted by atomic mass is 10.0. The molecule has 0 radical (unpaired) electrons. The first kappa shape index (κ1) is 15.0. The van der Waals surface area contributed by atoms with Crippen LogP contribution in [0, 0.1) is 0 Å². The van der Waals surface area contributed by atoms with Crippen LogP contribution in [0.3, 0.4) is 0 Å². The third kappa shape index (κ3) is 2.59. The summed E-state index contributed by atoms with van der Waals surface area (Å²) in [4.78, 5) is 27.7. The van der Waals surface area contributed by atoms with Gasteiger partial charge in [0.2, 0.25) is 0 Å². The molecule has 0 fully saturated rings. The van der Waals surface area contributed by atoms with Crippen molar-refractivity contribution in [3.8, 4) is 0 Å². The van der Waals surface area contributed by atoms with E-state index in [4.69, 9.17) is 0 Å². The van der Waals surface area contributed by atoms with Gasteiger partial charge in [-0.2, -0.15) is 5.10 Å². The number of rotatable bonds is 3. The molecule has 1 aliphatic rings. The van der Waals surface area contributed by atoms with Crippen molar-refractivity contribution in [2.24, 2.45) is 0 Å². The zero-order chi connectivity index (χ0) is 15.7. The molecule has 0 saturated carbocycles. The van der Waals surface area contributed by atoms with Crippen LogP contribution in [0.2, 0.25) is 0 Å². The zero-order valence-electron chi connectivity index (χ0n) is 12.8. The maximum atomic E-state index is 12.8. The van der Waals surface area contributed by atoms with Crippen LogP contribution in [0.5, 0.6) is 0 Å². The molecule has 0 saturated heterocycles. The molecule has 116 valence electrons. The van der Waals surface area contributed by atoms with E-state index >= 15 is 0 Å². The third-order valence-corrected chi connectivity index (χ3v) is 5.06. The highest BCUT2D eigenvalue weighted by Crippen LogP contribution is 2.33. The Morgan fingerprint density at radius 2 is 2.23 bits per heavy atom. The molecule has 1 atom stereocenters. The molecule has 2 aromatic heterocycles. The number of nitrogens with zero attached hydrogens (tertiary/aromatic N) is 3. The number of fused-ring (bicyclic) bond motifs is 1. The van der Waals surface area contributed by atoms with Gasteiger partial charge in [-0.15, -0.1) is 11.3 Å². The highest BCUT2D eigenvalue weighted by molar-refractivity contribution is 7.10. The first-order valence-corrected chi connectivity index (χ1v) is 8.45. The van der Waals surface area contributed by atoms with Gasteiger partial charge in [0.15, 0.2) is 0 Å². The minimum Gasteiger partial charge on any atom is -0.330 e. The summed E-state index contributed by atoms with van der Waals surface area (Å²) in [5.41, 5.74) is 1.41. The van der Waals surface area contributed by atoms with Crippen LogP contribution in [0.1, 0.15) is 47.2 Å². The van der Waals surface area contributed by atoms with Crippen molar-refractivity contribution in [2.75, 3.05) is 6.54 Å². The Morgan fingerprint density at radius 1 is 1.41 bits per heavy atom. The first-order valence-electron chi connectivity index (χ1n) is 7.57. The summed E-state index contributed by atoms with van der Waals surface area (Å²) in [5.74, 6) is -0.103. The van der Waals surface area contributed by atoms with Crippen LogP contribution in [0.4, 0.5) is 0 Å². The van der Waals surface area contributed by atoms with Crippen LogP contribution in [0.25, 0.3) is 0 Å². The first-order chi connectivity index (χ1) is 10.6. The quantitative estimate of drug-likeness (QED) is 0.874. The van der Waals surface area contributed by atoms with Crippen molar-refractivity contribution in [3.63, 3.8) is 0 Å². The average Bonchev–Trinajstić information content (AvgIpc) is 2.99. The summed E-state index contributed by atoms with van der Waals surface area (Å²) >= 11 is 1.75. The zero-order valence-corrected chi connectivity index (χ0v) is 13.6. The lowest BCUT2D eigenvalue weighted by Crippen LogP contribution is -2.39. The van der Waals surface area contributed by atoms with E-state index in [-0.39, 0.29) is 17.5 Å². The fraction of sp³-hybridized carbons (Fsp3) is 0.438. The fourth-order valence-electron chi connectivity index (χ4n) is 2.87. The van der Waals surface area contributed by atoms with Gasteiger partial charge in [-0.1, -0.05) is 6.92 Å². The van der Waals surface area contributed by atoms with Crippen molar-refractivity contribution < 1.29 is 4.79 Å².